The van der Waals surface area contributed by atoms with Gasteiger partial charge in [0.2, 0.25) is 0 Å². The first kappa shape index (κ1) is 18.6. The van der Waals surface area contributed by atoms with Gasteiger partial charge < -0.3 is 4.43 Å². The van der Waals surface area contributed by atoms with Gasteiger partial charge in [0.1, 0.15) is 0 Å². The van der Waals surface area contributed by atoms with Crippen molar-refractivity contribution in [1.82, 2.24) is 0 Å². The van der Waals surface area contributed by atoms with Crippen LogP contribution in [-0.2, 0) is 9.22 Å². The van der Waals surface area contributed by atoms with Crippen LogP contribution in [0.2, 0.25) is 18.1 Å². The molecule has 2 nitrogen and oxygen atoms in total. The molecule has 0 spiro atoms. The van der Waals surface area contributed by atoms with Crippen molar-refractivity contribution in [3.05, 3.63) is 12.2 Å². The lowest BCUT2D eigenvalue weighted by Gasteiger charge is -2.39. The van der Waals surface area contributed by atoms with Gasteiger partial charge in [0.25, 0.3) is 0 Å². The van der Waals surface area contributed by atoms with Crippen LogP contribution in [0.5, 0.6) is 0 Å². The Kier molecular flexibility index (Phi) is 6.02. The molecule has 122 valence electrons. The van der Waals surface area contributed by atoms with Crippen molar-refractivity contribution in [2.75, 3.05) is 6.61 Å². The molecule has 0 N–H and O–H groups in total. The fourth-order valence-electron chi connectivity index (χ4n) is 2.63. The SMILES string of the molecule is CC1CC(C(CO[Si](C)(C)C(C)(C)C)C(C)C)C=CC1=O. The number of hydrogen-bond acceptors (Lipinski definition) is 2. The number of rotatable bonds is 5. The maximum absolute atomic E-state index is 11.7. The Morgan fingerprint density at radius 1 is 1.33 bits per heavy atom. The van der Waals surface area contributed by atoms with E-state index in [0.29, 0.717) is 17.8 Å². The van der Waals surface area contributed by atoms with E-state index in [1.807, 2.05) is 6.92 Å². The second-order valence-corrected chi connectivity index (χ2v) is 13.4. The van der Waals surface area contributed by atoms with Gasteiger partial charge in [-0.15, -0.1) is 0 Å². The van der Waals surface area contributed by atoms with Gasteiger partial charge in [-0.1, -0.05) is 47.6 Å². The van der Waals surface area contributed by atoms with Gasteiger partial charge in [0.15, 0.2) is 14.1 Å². The van der Waals surface area contributed by atoms with Gasteiger partial charge in [-0.2, -0.15) is 0 Å². The molecule has 1 rings (SSSR count). The molecule has 0 bridgehead atoms. The Morgan fingerprint density at radius 2 is 1.90 bits per heavy atom. The predicted octanol–water partition coefficient (Wildman–Crippen LogP) is 5.06. The van der Waals surface area contributed by atoms with Crippen LogP contribution < -0.4 is 0 Å². The zero-order chi connectivity index (χ0) is 16.4. The molecule has 0 saturated carbocycles. The molecule has 3 unspecified atom stereocenters. The van der Waals surface area contributed by atoms with Crippen molar-refractivity contribution in [2.45, 2.75) is 66.1 Å². The fourth-order valence-corrected chi connectivity index (χ4v) is 3.68. The quantitative estimate of drug-likeness (QED) is 0.663. The Balaban J connectivity index is 2.76. The summed E-state index contributed by atoms with van der Waals surface area (Å²) in [4.78, 5) is 11.7. The van der Waals surface area contributed by atoms with Crippen molar-refractivity contribution in [2.24, 2.45) is 23.7 Å². The molecule has 21 heavy (non-hydrogen) atoms. The molecule has 0 aromatic rings. The van der Waals surface area contributed by atoms with Gasteiger partial charge >= 0.3 is 0 Å². The van der Waals surface area contributed by atoms with Crippen LogP contribution in [0.4, 0.5) is 0 Å². The molecule has 0 radical (unpaired) electrons. The topological polar surface area (TPSA) is 26.3 Å². The first-order valence-electron chi connectivity index (χ1n) is 8.31. The zero-order valence-electron chi connectivity index (χ0n) is 15.2. The van der Waals surface area contributed by atoms with Crippen LogP contribution in [0.3, 0.4) is 0 Å². The second-order valence-electron chi connectivity index (χ2n) is 8.54. The van der Waals surface area contributed by atoms with Crippen molar-refractivity contribution in [3.63, 3.8) is 0 Å². The van der Waals surface area contributed by atoms with E-state index in [4.69, 9.17) is 4.43 Å². The maximum atomic E-state index is 11.7. The van der Waals surface area contributed by atoms with Crippen molar-refractivity contribution in [1.29, 1.82) is 0 Å². The fraction of sp³-hybridized carbons (Fsp3) is 0.833. The van der Waals surface area contributed by atoms with Crippen LogP contribution in [0.15, 0.2) is 12.2 Å². The molecule has 0 saturated heterocycles. The van der Waals surface area contributed by atoms with E-state index in [0.717, 1.165) is 13.0 Å². The van der Waals surface area contributed by atoms with E-state index in [2.05, 4.69) is 53.8 Å². The number of allylic oxidation sites excluding steroid dienone is 2. The minimum absolute atomic E-state index is 0.161. The summed E-state index contributed by atoms with van der Waals surface area (Å²) < 4.78 is 6.45. The number of carbonyl (C=O) groups is 1. The molecule has 0 aromatic heterocycles. The second kappa shape index (κ2) is 6.78. The molecule has 0 heterocycles. The summed E-state index contributed by atoms with van der Waals surface area (Å²) >= 11 is 0. The van der Waals surface area contributed by atoms with Crippen LogP contribution in [-0.4, -0.2) is 20.7 Å². The molecule has 1 aliphatic carbocycles. The molecule has 0 aliphatic heterocycles. The summed E-state index contributed by atoms with van der Waals surface area (Å²) in [5.41, 5.74) is 0. The van der Waals surface area contributed by atoms with Crippen LogP contribution >= 0.6 is 0 Å². The normalized spacial score (nSPS) is 25.5. The monoisotopic (exact) mass is 310 g/mol. The number of carbonyl (C=O) groups excluding carboxylic acids is 1. The van der Waals surface area contributed by atoms with Crippen molar-refractivity contribution >= 4 is 14.1 Å². The molecule has 1 aliphatic rings. The lowest BCUT2D eigenvalue weighted by molar-refractivity contribution is -0.118. The van der Waals surface area contributed by atoms with Crippen molar-refractivity contribution in [3.8, 4) is 0 Å². The van der Waals surface area contributed by atoms with Gasteiger partial charge in [0, 0.05) is 12.5 Å². The average Bonchev–Trinajstić information content (AvgIpc) is 2.31. The highest BCUT2D eigenvalue weighted by Crippen LogP contribution is 2.38. The van der Waals surface area contributed by atoms with E-state index in [9.17, 15) is 4.79 Å². The Labute approximate surface area is 132 Å². The van der Waals surface area contributed by atoms with E-state index < -0.39 is 8.32 Å². The third-order valence-electron chi connectivity index (χ3n) is 5.47. The average molecular weight is 311 g/mol. The molecular formula is C18H34O2Si. The van der Waals surface area contributed by atoms with Crippen LogP contribution in [0, 0.1) is 23.7 Å². The summed E-state index contributed by atoms with van der Waals surface area (Å²) in [5.74, 6) is 1.99. The summed E-state index contributed by atoms with van der Waals surface area (Å²) in [6.07, 6.45) is 4.89. The summed E-state index contributed by atoms with van der Waals surface area (Å²) in [6, 6.07) is 0. The third-order valence-corrected chi connectivity index (χ3v) is 9.97. The van der Waals surface area contributed by atoms with Crippen LogP contribution in [0.1, 0.15) is 48.0 Å². The van der Waals surface area contributed by atoms with Gasteiger partial charge in [0.05, 0.1) is 0 Å². The van der Waals surface area contributed by atoms with E-state index >= 15 is 0 Å². The Morgan fingerprint density at radius 3 is 2.33 bits per heavy atom. The Bertz CT molecular complexity index is 391. The summed E-state index contributed by atoms with van der Waals surface area (Å²) in [6.45, 7) is 18.9. The minimum atomic E-state index is -1.70. The number of ketones is 1. The molecule has 3 atom stereocenters. The highest BCUT2D eigenvalue weighted by molar-refractivity contribution is 6.74. The van der Waals surface area contributed by atoms with Gasteiger partial charge in [-0.05, 0) is 48.4 Å². The maximum Gasteiger partial charge on any atom is 0.191 e. The zero-order valence-corrected chi connectivity index (χ0v) is 16.2. The Hall–Kier alpha value is -0.413. The standard InChI is InChI=1S/C18H34O2Si/c1-13(2)16(12-20-21(7,8)18(4,5)6)15-9-10-17(19)14(3)11-15/h9-10,13-16H,11-12H2,1-8H3. The minimum Gasteiger partial charge on any atom is -0.417 e. The van der Waals surface area contributed by atoms with Gasteiger partial charge in [-0.3, -0.25) is 4.79 Å². The van der Waals surface area contributed by atoms with Crippen LogP contribution in [0.25, 0.3) is 0 Å². The molecule has 0 aromatic carbocycles. The largest absolute Gasteiger partial charge is 0.417 e. The lowest BCUT2D eigenvalue weighted by Crippen LogP contribution is -2.43. The predicted molar refractivity (Wildman–Crippen MR) is 92.9 cm³/mol. The smallest absolute Gasteiger partial charge is 0.191 e. The summed E-state index contributed by atoms with van der Waals surface area (Å²) in [7, 11) is -1.70. The molecule has 0 amide bonds. The highest BCUT2D eigenvalue weighted by Gasteiger charge is 2.39. The summed E-state index contributed by atoms with van der Waals surface area (Å²) in [5, 5.41) is 0.250. The van der Waals surface area contributed by atoms with Gasteiger partial charge in [-0.25, -0.2) is 0 Å². The molecule has 3 heteroatoms. The van der Waals surface area contributed by atoms with Crippen molar-refractivity contribution < 1.29 is 9.22 Å². The highest BCUT2D eigenvalue weighted by atomic mass is 28.4. The first-order chi connectivity index (χ1) is 9.45. The lowest BCUT2D eigenvalue weighted by atomic mass is 9.75. The molecule has 0 fully saturated rings. The first-order valence-corrected chi connectivity index (χ1v) is 11.2. The van der Waals surface area contributed by atoms with E-state index in [1.165, 1.54) is 0 Å². The number of hydrogen-bond donors (Lipinski definition) is 0. The van der Waals surface area contributed by atoms with E-state index in [-0.39, 0.29) is 16.7 Å². The third kappa shape index (κ3) is 4.78. The van der Waals surface area contributed by atoms with E-state index in [1.54, 1.807) is 6.08 Å². The molecular weight excluding hydrogens is 276 g/mol.